The first-order valence-electron chi connectivity index (χ1n) is 6.68. The first-order valence-corrected chi connectivity index (χ1v) is 6.68. The number of ether oxygens (including phenoxy) is 2. The molecule has 1 aliphatic carbocycles. The molecule has 18 heavy (non-hydrogen) atoms. The lowest BCUT2D eigenvalue weighted by molar-refractivity contribution is -0.124. The summed E-state index contributed by atoms with van der Waals surface area (Å²) in [4.78, 5) is 11.4. The van der Waals surface area contributed by atoms with Gasteiger partial charge in [0.2, 0.25) is 5.91 Å². The summed E-state index contributed by atoms with van der Waals surface area (Å²) in [6.07, 6.45) is 2.38. The van der Waals surface area contributed by atoms with Crippen molar-refractivity contribution in [1.29, 1.82) is 0 Å². The molecule has 0 aromatic carbocycles. The number of amides is 1. The molecule has 1 aliphatic rings. The molecular formula is C13H26N2O3. The van der Waals surface area contributed by atoms with E-state index in [1.807, 2.05) is 0 Å². The van der Waals surface area contributed by atoms with Gasteiger partial charge >= 0.3 is 0 Å². The molecule has 1 amide bonds. The van der Waals surface area contributed by atoms with E-state index in [1.54, 1.807) is 7.05 Å². The fourth-order valence-corrected chi connectivity index (χ4v) is 2.31. The molecule has 0 bridgehead atoms. The van der Waals surface area contributed by atoms with Crippen molar-refractivity contribution in [2.24, 2.45) is 11.7 Å². The molecule has 2 atom stereocenters. The van der Waals surface area contributed by atoms with Crippen molar-refractivity contribution < 1.29 is 14.3 Å². The predicted octanol–water partition coefficient (Wildman–Crippen LogP) is 0.672. The molecule has 3 N–H and O–H groups in total. The van der Waals surface area contributed by atoms with Crippen molar-refractivity contribution in [3.05, 3.63) is 0 Å². The van der Waals surface area contributed by atoms with Crippen molar-refractivity contribution in [1.82, 2.24) is 5.32 Å². The molecule has 5 heteroatoms. The van der Waals surface area contributed by atoms with E-state index < -0.39 is 5.54 Å². The Labute approximate surface area is 109 Å². The smallest absolute Gasteiger partial charge is 0.237 e. The lowest BCUT2D eigenvalue weighted by atomic mass is 9.97. The Morgan fingerprint density at radius 3 is 2.72 bits per heavy atom. The Hall–Kier alpha value is -0.650. The van der Waals surface area contributed by atoms with Crippen LogP contribution in [0.4, 0.5) is 0 Å². The average Bonchev–Trinajstić information content (AvgIpc) is 2.73. The van der Waals surface area contributed by atoms with Crippen molar-refractivity contribution in [2.75, 3.05) is 26.9 Å². The largest absolute Gasteiger partial charge is 0.379 e. The molecule has 2 unspecified atom stereocenters. The van der Waals surface area contributed by atoms with Crippen molar-refractivity contribution >= 4 is 5.91 Å². The van der Waals surface area contributed by atoms with Crippen molar-refractivity contribution in [3.63, 3.8) is 0 Å². The van der Waals surface area contributed by atoms with Gasteiger partial charge in [0.05, 0.1) is 24.9 Å². The van der Waals surface area contributed by atoms with E-state index in [2.05, 4.69) is 19.2 Å². The summed E-state index contributed by atoms with van der Waals surface area (Å²) >= 11 is 0. The summed E-state index contributed by atoms with van der Waals surface area (Å²) in [5.74, 6) is 0.260. The monoisotopic (exact) mass is 258 g/mol. The van der Waals surface area contributed by atoms with Gasteiger partial charge in [-0.05, 0) is 25.8 Å². The van der Waals surface area contributed by atoms with E-state index in [1.165, 1.54) is 0 Å². The van der Waals surface area contributed by atoms with Crippen LogP contribution in [0.5, 0.6) is 0 Å². The number of carbonyl (C=O) groups excluding carboxylic acids is 1. The number of carbonyl (C=O) groups is 1. The predicted molar refractivity (Wildman–Crippen MR) is 70.2 cm³/mol. The molecular weight excluding hydrogens is 232 g/mol. The van der Waals surface area contributed by atoms with Crippen LogP contribution in [-0.2, 0) is 14.3 Å². The van der Waals surface area contributed by atoms with Crippen molar-refractivity contribution in [3.8, 4) is 0 Å². The molecule has 1 saturated carbocycles. The van der Waals surface area contributed by atoms with Crippen LogP contribution in [0.25, 0.3) is 0 Å². The first kappa shape index (κ1) is 15.4. The number of likely N-dealkylation sites (N-methyl/N-ethyl adjacent to an activating group) is 1. The third-order valence-corrected chi connectivity index (χ3v) is 3.45. The second kappa shape index (κ2) is 7.07. The van der Waals surface area contributed by atoms with Crippen LogP contribution < -0.4 is 11.1 Å². The minimum Gasteiger partial charge on any atom is -0.379 e. The Kier molecular flexibility index (Phi) is 6.05. The fourth-order valence-electron chi connectivity index (χ4n) is 2.31. The maximum Gasteiger partial charge on any atom is 0.237 e. The van der Waals surface area contributed by atoms with Gasteiger partial charge in [-0.1, -0.05) is 13.8 Å². The normalized spacial score (nSPS) is 27.9. The number of hydrogen-bond donors (Lipinski definition) is 2. The highest BCUT2D eigenvalue weighted by Gasteiger charge is 2.43. The van der Waals surface area contributed by atoms with Crippen LogP contribution >= 0.6 is 0 Å². The molecule has 1 rings (SSSR count). The lowest BCUT2D eigenvalue weighted by Crippen LogP contribution is -2.52. The molecule has 0 spiro atoms. The molecule has 0 radical (unpaired) electrons. The third-order valence-electron chi connectivity index (χ3n) is 3.45. The summed E-state index contributed by atoms with van der Waals surface area (Å²) in [6, 6.07) is 0. The summed E-state index contributed by atoms with van der Waals surface area (Å²) in [5.41, 5.74) is 4.85. The minimum atomic E-state index is -0.580. The van der Waals surface area contributed by atoms with E-state index in [4.69, 9.17) is 15.2 Å². The summed E-state index contributed by atoms with van der Waals surface area (Å²) in [5, 5.41) is 3.04. The zero-order chi connectivity index (χ0) is 13.6. The van der Waals surface area contributed by atoms with Gasteiger partial charge in [-0.2, -0.15) is 0 Å². The van der Waals surface area contributed by atoms with E-state index in [-0.39, 0.29) is 12.0 Å². The number of nitrogens with one attached hydrogen (secondary N) is 1. The first-order chi connectivity index (χ1) is 8.50. The van der Waals surface area contributed by atoms with Crippen LogP contribution in [0.3, 0.4) is 0 Å². The van der Waals surface area contributed by atoms with Crippen LogP contribution in [0.2, 0.25) is 0 Å². The Morgan fingerprint density at radius 2 is 2.22 bits per heavy atom. The van der Waals surface area contributed by atoms with Gasteiger partial charge in [0.15, 0.2) is 0 Å². The summed E-state index contributed by atoms with van der Waals surface area (Å²) in [7, 11) is 1.78. The second-order valence-corrected chi connectivity index (χ2v) is 5.40. The van der Waals surface area contributed by atoms with Gasteiger partial charge in [0, 0.05) is 13.0 Å². The number of rotatable bonds is 8. The van der Waals surface area contributed by atoms with Crippen LogP contribution in [0, 0.1) is 5.92 Å². The maximum absolute atomic E-state index is 11.4. The molecule has 0 aromatic rings. The number of primary amides is 1. The van der Waals surface area contributed by atoms with E-state index in [0.29, 0.717) is 25.6 Å². The highest BCUT2D eigenvalue weighted by atomic mass is 16.5. The fraction of sp³-hybridized carbons (Fsp3) is 0.923. The zero-order valence-electron chi connectivity index (χ0n) is 11.7. The second-order valence-electron chi connectivity index (χ2n) is 5.40. The Balaban J connectivity index is 2.20. The molecule has 0 aromatic heterocycles. The van der Waals surface area contributed by atoms with Crippen LogP contribution in [0.15, 0.2) is 0 Å². The van der Waals surface area contributed by atoms with Gasteiger partial charge < -0.3 is 20.5 Å². The SMILES string of the molecule is CNC1(C(N)=O)CCC(OCCOCC(C)C)C1. The van der Waals surface area contributed by atoms with Gasteiger partial charge in [0.1, 0.15) is 0 Å². The van der Waals surface area contributed by atoms with E-state index >= 15 is 0 Å². The minimum absolute atomic E-state index is 0.104. The standard InChI is InChI=1S/C13H26N2O3/c1-10(2)9-17-6-7-18-11-4-5-13(8-11,15-3)12(14)16/h10-11,15H,4-9H2,1-3H3,(H2,14,16). The van der Waals surface area contributed by atoms with Gasteiger partial charge in [-0.15, -0.1) is 0 Å². The molecule has 0 aliphatic heterocycles. The number of hydrogen-bond acceptors (Lipinski definition) is 4. The quantitative estimate of drug-likeness (QED) is 0.628. The van der Waals surface area contributed by atoms with Gasteiger partial charge in [-0.3, -0.25) is 4.79 Å². The molecule has 0 saturated heterocycles. The topological polar surface area (TPSA) is 73.6 Å². The zero-order valence-corrected chi connectivity index (χ0v) is 11.7. The van der Waals surface area contributed by atoms with Gasteiger partial charge in [-0.25, -0.2) is 0 Å². The van der Waals surface area contributed by atoms with Crippen LogP contribution in [0.1, 0.15) is 33.1 Å². The summed E-state index contributed by atoms with van der Waals surface area (Å²) < 4.78 is 11.2. The molecule has 1 fully saturated rings. The Bertz CT molecular complexity index is 271. The summed E-state index contributed by atoms with van der Waals surface area (Å²) in [6.45, 7) is 6.18. The highest BCUT2D eigenvalue weighted by molar-refractivity contribution is 5.85. The average molecular weight is 258 g/mol. The highest BCUT2D eigenvalue weighted by Crippen LogP contribution is 2.31. The van der Waals surface area contributed by atoms with E-state index in [9.17, 15) is 4.79 Å². The Morgan fingerprint density at radius 1 is 1.50 bits per heavy atom. The molecule has 106 valence electrons. The molecule has 5 nitrogen and oxygen atoms in total. The van der Waals surface area contributed by atoms with Gasteiger partial charge in [0.25, 0.3) is 0 Å². The van der Waals surface area contributed by atoms with E-state index in [0.717, 1.165) is 19.4 Å². The lowest BCUT2D eigenvalue weighted by Gasteiger charge is -2.24. The van der Waals surface area contributed by atoms with Crippen LogP contribution in [-0.4, -0.2) is 44.4 Å². The van der Waals surface area contributed by atoms with Crippen molar-refractivity contribution in [2.45, 2.75) is 44.8 Å². The third kappa shape index (κ3) is 4.23. The number of nitrogens with two attached hydrogens (primary N) is 1. The molecule has 0 heterocycles. The maximum atomic E-state index is 11.4.